The lowest BCUT2D eigenvalue weighted by atomic mass is 10.0. The Morgan fingerprint density at radius 1 is 1.10 bits per heavy atom. The highest BCUT2D eigenvalue weighted by Gasteiger charge is 2.12. The van der Waals surface area contributed by atoms with E-state index in [1.54, 1.807) is 0 Å². The van der Waals surface area contributed by atoms with Crippen LogP contribution in [-0.2, 0) is 0 Å². The van der Waals surface area contributed by atoms with Gasteiger partial charge in [-0.1, -0.05) is 50.2 Å². The average molecular weight is 264 g/mol. The van der Waals surface area contributed by atoms with Crippen molar-refractivity contribution < 1.29 is 0 Å². The van der Waals surface area contributed by atoms with Gasteiger partial charge in [0.25, 0.3) is 0 Å². The van der Waals surface area contributed by atoms with Crippen LogP contribution in [0.5, 0.6) is 0 Å². The van der Waals surface area contributed by atoms with Gasteiger partial charge >= 0.3 is 0 Å². The van der Waals surface area contributed by atoms with Gasteiger partial charge in [0.15, 0.2) is 0 Å². The summed E-state index contributed by atoms with van der Waals surface area (Å²) in [5.74, 6) is 0.538. The Hall–Kier alpha value is -2.09. The molecule has 0 amide bonds. The predicted molar refractivity (Wildman–Crippen MR) is 84.1 cm³/mol. The van der Waals surface area contributed by atoms with E-state index in [1.807, 2.05) is 6.07 Å². The van der Waals surface area contributed by atoms with Crippen molar-refractivity contribution in [3.8, 4) is 11.3 Å². The molecule has 2 heteroatoms. The highest BCUT2D eigenvalue weighted by atomic mass is 15.0. The third kappa shape index (κ3) is 2.11. The van der Waals surface area contributed by atoms with E-state index in [4.69, 9.17) is 4.98 Å². The van der Waals surface area contributed by atoms with Crippen LogP contribution < -0.4 is 0 Å². The van der Waals surface area contributed by atoms with E-state index < -0.39 is 0 Å². The summed E-state index contributed by atoms with van der Waals surface area (Å²) in [5, 5.41) is 0. The van der Waals surface area contributed by atoms with Gasteiger partial charge in [0.2, 0.25) is 0 Å². The predicted octanol–water partition coefficient (Wildman–Crippen LogP) is 4.82. The SMILES string of the molecule is CC[C@@H](C)c1ccc(C)c2nc(-c3ccccc3)cn12. The number of pyridine rings is 1. The number of aromatic nitrogens is 2. The normalized spacial score (nSPS) is 12.8. The van der Waals surface area contributed by atoms with Crippen LogP contribution in [0.1, 0.15) is 37.4 Å². The fraction of sp³-hybridized carbons (Fsp3) is 0.278. The molecule has 1 atom stereocenters. The second kappa shape index (κ2) is 5.12. The fourth-order valence-electron chi connectivity index (χ4n) is 2.58. The fourth-order valence-corrected chi connectivity index (χ4v) is 2.58. The number of fused-ring (bicyclic) bond motifs is 1. The first-order valence-corrected chi connectivity index (χ1v) is 7.24. The Bertz CT molecular complexity index is 726. The number of aryl methyl sites for hydroxylation is 1. The molecule has 0 bridgehead atoms. The van der Waals surface area contributed by atoms with Gasteiger partial charge in [-0.05, 0) is 30.9 Å². The molecule has 0 unspecified atom stereocenters. The maximum atomic E-state index is 4.82. The molecule has 0 saturated heterocycles. The zero-order valence-corrected chi connectivity index (χ0v) is 12.3. The molecule has 0 spiro atoms. The second-order valence-electron chi connectivity index (χ2n) is 5.44. The summed E-state index contributed by atoms with van der Waals surface area (Å²) in [6.45, 7) is 6.62. The molecule has 2 nitrogen and oxygen atoms in total. The van der Waals surface area contributed by atoms with Gasteiger partial charge < -0.3 is 4.40 Å². The molecule has 0 fully saturated rings. The monoisotopic (exact) mass is 264 g/mol. The van der Waals surface area contributed by atoms with Crippen LogP contribution in [0, 0.1) is 6.92 Å². The first kappa shape index (κ1) is 12.9. The van der Waals surface area contributed by atoms with Crippen molar-refractivity contribution >= 4 is 5.65 Å². The molecule has 1 aromatic carbocycles. The van der Waals surface area contributed by atoms with Crippen LogP contribution in [-0.4, -0.2) is 9.38 Å². The quantitative estimate of drug-likeness (QED) is 0.662. The Kier molecular flexibility index (Phi) is 3.31. The van der Waals surface area contributed by atoms with Crippen LogP contribution in [0.2, 0.25) is 0 Å². The van der Waals surface area contributed by atoms with E-state index in [0.717, 1.165) is 17.8 Å². The van der Waals surface area contributed by atoms with E-state index in [2.05, 4.69) is 67.8 Å². The minimum Gasteiger partial charge on any atom is -0.303 e. The molecule has 0 aliphatic rings. The highest BCUT2D eigenvalue weighted by molar-refractivity contribution is 5.64. The Morgan fingerprint density at radius 3 is 2.55 bits per heavy atom. The maximum Gasteiger partial charge on any atom is 0.140 e. The van der Waals surface area contributed by atoms with Crippen LogP contribution >= 0.6 is 0 Å². The molecule has 0 radical (unpaired) electrons. The van der Waals surface area contributed by atoms with Crippen molar-refractivity contribution in [2.45, 2.75) is 33.1 Å². The van der Waals surface area contributed by atoms with Gasteiger partial charge in [-0.25, -0.2) is 4.98 Å². The van der Waals surface area contributed by atoms with Crippen molar-refractivity contribution in [2.24, 2.45) is 0 Å². The van der Waals surface area contributed by atoms with Gasteiger partial charge in [0, 0.05) is 17.5 Å². The first-order chi connectivity index (χ1) is 9.70. The minimum atomic E-state index is 0.538. The number of hydrogen-bond acceptors (Lipinski definition) is 1. The van der Waals surface area contributed by atoms with E-state index in [0.29, 0.717) is 5.92 Å². The van der Waals surface area contributed by atoms with Crippen LogP contribution in [0.25, 0.3) is 16.9 Å². The van der Waals surface area contributed by atoms with Gasteiger partial charge in [-0.3, -0.25) is 0 Å². The molecule has 2 aromatic heterocycles. The van der Waals surface area contributed by atoms with Gasteiger partial charge in [0.1, 0.15) is 5.65 Å². The van der Waals surface area contributed by atoms with E-state index >= 15 is 0 Å². The molecule has 0 saturated carbocycles. The maximum absolute atomic E-state index is 4.82. The summed E-state index contributed by atoms with van der Waals surface area (Å²) in [7, 11) is 0. The molecular weight excluding hydrogens is 244 g/mol. The molecule has 3 aromatic rings. The lowest BCUT2D eigenvalue weighted by molar-refractivity contribution is 0.696. The number of hydrogen-bond donors (Lipinski definition) is 0. The van der Waals surface area contributed by atoms with E-state index in [-0.39, 0.29) is 0 Å². The zero-order chi connectivity index (χ0) is 14.1. The van der Waals surface area contributed by atoms with Crippen molar-refractivity contribution in [1.82, 2.24) is 9.38 Å². The summed E-state index contributed by atoms with van der Waals surface area (Å²) in [5.41, 5.74) is 5.85. The number of rotatable bonds is 3. The molecule has 0 aliphatic carbocycles. The van der Waals surface area contributed by atoms with Gasteiger partial charge in [-0.2, -0.15) is 0 Å². The summed E-state index contributed by atoms with van der Waals surface area (Å²) in [6, 6.07) is 14.8. The summed E-state index contributed by atoms with van der Waals surface area (Å²) < 4.78 is 2.26. The molecule has 0 N–H and O–H groups in total. The van der Waals surface area contributed by atoms with Crippen molar-refractivity contribution in [2.75, 3.05) is 0 Å². The number of nitrogens with zero attached hydrogens (tertiary/aromatic N) is 2. The summed E-state index contributed by atoms with van der Waals surface area (Å²) in [4.78, 5) is 4.82. The van der Waals surface area contributed by atoms with E-state index in [1.165, 1.54) is 16.8 Å². The number of benzene rings is 1. The van der Waals surface area contributed by atoms with Crippen LogP contribution in [0.15, 0.2) is 48.7 Å². The molecule has 0 aliphatic heterocycles. The Labute approximate surface area is 120 Å². The largest absolute Gasteiger partial charge is 0.303 e. The van der Waals surface area contributed by atoms with E-state index in [9.17, 15) is 0 Å². The molecule has 102 valence electrons. The van der Waals surface area contributed by atoms with Gasteiger partial charge in [-0.15, -0.1) is 0 Å². The molecule has 3 rings (SSSR count). The molecular formula is C18H20N2. The summed E-state index contributed by atoms with van der Waals surface area (Å²) in [6.07, 6.45) is 3.30. The number of imidazole rings is 1. The van der Waals surface area contributed by atoms with Gasteiger partial charge in [0.05, 0.1) is 5.69 Å². The zero-order valence-electron chi connectivity index (χ0n) is 12.3. The Morgan fingerprint density at radius 2 is 1.85 bits per heavy atom. The second-order valence-corrected chi connectivity index (χ2v) is 5.44. The lowest BCUT2D eigenvalue weighted by Gasteiger charge is -2.12. The molecule has 20 heavy (non-hydrogen) atoms. The van der Waals surface area contributed by atoms with Crippen molar-refractivity contribution in [3.05, 3.63) is 59.9 Å². The smallest absolute Gasteiger partial charge is 0.140 e. The lowest BCUT2D eigenvalue weighted by Crippen LogP contribution is -2.01. The standard InChI is InChI=1S/C18H20N2/c1-4-13(2)17-11-10-14(3)18-19-16(12-20(17)18)15-8-6-5-7-9-15/h5-13H,4H2,1-3H3/t13-/m1/s1. The van der Waals surface area contributed by atoms with Crippen LogP contribution in [0.3, 0.4) is 0 Å². The Balaban J connectivity index is 2.22. The van der Waals surface area contributed by atoms with Crippen molar-refractivity contribution in [3.63, 3.8) is 0 Å². The third-order valence-electron chi connectivity index (χ3n) is 4.03. The third-order valence-corrected chi connectivity index (χ3v) is 4.03. The summed E-state index contributed by atoms with van der Waals surface area (Å²) >= 11 is 0. The average Bonchev–Trinajstić information content (AvgIpc) is 2.94. The first-order valence-electron chi connectivity index (χ1n) is 7.24. The minimum absolute atomic E-state index is 0.538. The highest BCUT2D eigenvalue weighted by Crippen LogP contribution is 2.26. The molecule has 2 heterocycles. The van der Waals surface area contributed by atoms with Crippen molar-refractivity contribution in [1.29, 1.82) is 0 Å². The van der Waals surface area contributed by atoms with Crippen LogP contribution in [0.4, 0.5) is 0 Å². The topological polar surface area (TPSA) is 17.3 Å².